The quantitative estimate of drug-likeness (QED) is 0.875. The fourth-order valence-electron chi connectivity index (χ4n) is 1.62. The number of esters is 1. The molecule has 0 spiro atoms. The van der Waals surface area contributed by atoms with Crippen molar-refractivity contribution in [2.45, 2.75) is 6.92 Å². The monoisotopic (exact) mass is 323 g/mol. The summed E-state index contributed by atoms with van der Waals surface area (Å²) in [5, 5.41) is 2.33. The van der Waals surface area contributed by atoms with E-state index >= 15 is 0 Å². The second-order valence-corrected chi connectivity index (χ2v) is 4.46. The molecule has 1 amide bonds. The molecule has 0 atom stereocenters. The maximum Gasteiger partial charge on any atom is 0.359 e. The van der Waals surface area contributed by atoms with Crippen molar-refractivity contribution in [2.24, 2.45) is 0 Å². The smallest absolute Gasteiger partial charge is 0.359 e. The van der Waals surface area contributed by atoms with Gasteiger partial charge in [0.25, 0.3) is 5.91 Å². The molecular formula is C14H11ClFN3O3. The molecular weight excluding hydrogens is 313 g/mol. The van der Waals surface area contributed by atoms with Gasteiger partial charge in [-0.2, -0.15) is 0 Å². The van der Waals surface area contributed by atoms with Crippen LogP contribution >= 0.6 is 11.6 Å². The van der Waals surface area contributed by atoms with Crippen molar-refractivity contribution in [2.75, 3.05) is 11.9 Å². The van der Waals surface area contributed by atoms with Crippen LogP contribution in [0.25, 0.3) is 0 Å². The predicted octanol–water partition coefficient (Wildman–Crippen LogP) is 2.70. The Labute approximate surface area is 130 Å². The van der Waals surface area contributed by atoms with E-state index in [9.17, 15) is 14.0 Å². The molecule has 1 N–H and O–H groups in total. The minimum absolute atomic E-state index is 0.137. The van der Waals surface area contributed by atoms with Gasteiger partial charge in [-0.3, -0.25) is 4.79 Å². The van der Waals surface area contributed by atoms with Crippen molar-refractivity contribution in [3.63, 3.8) is 0 Å². The lowest BCUT2D eigenvalue weighted by Gasteiger charge is -2.08. The van der Waals surface area contributed by atoms with Crippen molar-refractivity contribution in [3.8, 4) is 0 Å². The lowest BCUT2D eigenvalue weighted by Crippen LogP contribution is -2.20. The zero-order chi connectivity index (χ0) is 16.1. The standard InChI is InChI=1S/C14H11ClFN3O3/c1-2-22-14(21)12-11(17-5-6-18-12)13(20)19-8-3-4-10(16)9(15)7-8/h3-7H,2H2,1H3,(H,19,20). The molecule has 2 rings (SSSR count). The summed E-state index contributed by atoms with van der Waals surface area (Å²) in [5.41, 5.74) is -0.131. The first-order valence-electron chi connectivity index (χ1n) is 6.27. The number of hydrogen-bond acceptors (Lipinski definition) is 5. The number of rotatable bonds is 4. The third-order valence-electron chi connectivity index (χ3n) is 2.56. The van der Waals surface area contributed by atoms with Crippen LogP contribution in [0.3, 0.4) is 0 Å². The number of nitrogens with zero attached hydrogens (tertiary/aromatic N) is 2. The van der Waals surface area contributed by atoms with Crippen molar-refractivity contribution in [3.05, 3.63) is 52.8 Å². The molecule has 114 valence electrons. The largest absolute Gasteiger partial charge is 0.461 e. The molecule has 6 nitrogen and oxygen atoms in total. The first-order chi connectivity index (χ1) is 10.5. The number of benzene rings is 1. The van der Waals surface area contributed by atoms with Crippen molar-refractivity contribution < 1.29 is 18.7 Å². The highest BCUT2D eigenvalue weighted by Gasteiger charge is 2.21. The molecule has 8 heteroatoms. The molecule has 0 unspecified atom stereocenters. The third-order valence-corrected chi connectivity index (χ3v) is 2.85. The van der Waals surface area contributed by atoms with Crippen LogP contribution in [0.4, 0.5) is 10.1 Å². The van der Waals surface area contributed by atoms with Gasteiger partial charge >= 0.3 is 5.97 Å². The van der Waals surface area contributed by atoms with Gasteiger partial charge in [-0.1, -0.05) is 11.6 Å². The van der Waals surface area contributed by atoms with Crippen LogP contribution in [0.15, 0.2) is 30.6 Å². The van der Waals surface area contributed by atoms with E-state index in [1.807, 2.05) is 0 Å². The fraction of sp³-hybridized carbons (Fsp3) is 0.143. The number of aromatic nitrogens is 2. The Morgan fingerprint density at radius 1 is 1.27 bits per heavy atom. The minimum atomic E-state index is -0.752. The van der Waals surface area contributed by atoms with E-state index in [0.29, 0.717) is 0 Å². The molecule has 0 radical (unpaired) electrons. The van der Waals surface area contributed by atoms with Crippen molar-refractivity contribution in [1.29, 1.82) is 0 Å². The van der Waals surface area contributed by atoms with E-state index in [2.05, 4.69) is 15.3 Å². The molecule has 22 heavy (non-hydrogen) atoms. The molecule has 2 aromatic rings. The van der Waals surface area contributed by atoms with Crippen LogP contribution in [0.1, 0.15) is 27.9 Å². The number of hydrogen-bond donors (Lipinski definition) is 1. The summed E-state index contributed by atoms with van der Waals surface area (Å²) >= 11 is 5.64. The molecule has 0 fully saturated rings. The summed E-state index contributed by atoms with van der Waals surface area (Å²) in [6.07, 6.45) is 2.55. The Kier molecular flexibility index (Phi) is 5.00. The predicted molar refractivity (Wildman–Crippen MR) is 77.4 cm³/mol. The topological polar surface area (TPSA) is 81.2 Å². The average molecular weight is 324 g/mol. The van der Waals surface area contributed by atoms with E-state index in [1.165, 1.54) is 24.5 Å². The maximum atomic E-state index is 13.1. The summed E-state index contributed by atoms with van der Waals surface area (Å²) in [6, 6.07) is 3.69. The highest BCUT2D eigenvalue weighted by molar-refractivity contribution is 6.31. The normalized spacial score (nSPS) is 10.1. The third kappa shape index (κ3) is 3.56. The Balaban J connectivity index is 2.26. The Morgan fingerprint density at radius 2 is 1.95 bits per heavy atom. The van der Waals surface area contributed by atoms with Gasteiger partial charge in [-0.15, -0.1) is 0 Å². The Morgan fingerprint density at radius 3 is 2.59 bits per heavy atom. The zero-order valence-electron chi connectivity index (χ0n) is 11.5. The van der Waals surface area contributed by atoms with E-state index in [4.69, 9.17) is 16.3 Å². The molecule has 0 saturated carbocycles. The minimum Gasteiger partial charge on any atom is -0.461 e. The molecule has 0 saturated heterocycles. The fourth-order valence-corrected chi connectivity index (χ4v) is 1.80. The van der Waals surface area contributed by atoms with Gasteiger partial charge in [0.1, 0.15) is 5.82 Å². The molecule has 0 aliphatic rings. The van der Waals surface area contributed by atoms with Gasteiger partial charge in [0, 0.05) is 18.1 Å². The average Bonchev–Trinajstić information content (AvgIpc) is 2.51. The molecule has 0 aliphatic carbocycles. The van der Waals surface area contributed by atoms with Crippen LogP contribution < -0.4 is 5.32 Å². The van der Waals surface area contributed by atoms with Gasteiger partial charge in [0.05, 0.1) is 11.6 Å². The van der Waals surface area contributed by atoms with Crippen LogP contribution in [0.5, 0.6) is 0 Å². The second-order valence-electron chi connectivity index (χ2n) is 4.06. The highest BCUT2D eigenvalue weighted by Crippen LogP contribution is 2.20. The lowest BCUT2D eigenvalue weighted by molar-refractivity contribution is 0.0515. The van der Waals surface area contributed by atoms with Crippen LogP contribution in [0, 0.1) is 5.82 Å². The van der Waals surface area contributed by atoms with E-state index in [1.54, 1.807) is 6.92 Å². The molecule has 0 bridgehead atoms. The number of ether oxygens (including phenoxy) is 1. The Hall–Kier alpha value is -2.54. The highest BCUT2D eigenvalue weighted by atomic mass is 35.5. The van der Waals surface area contributed by atoms with Gasteiger partial charge in [-0.25, -0.2) is 19.2 Å². The zero-order valence-corrected chi connectivity index (χ0v) is 12.2. The number of carbonyl (C=O) groups excluding carboxylic acids is 2. The van der Waals surface area contributed by atoms with Gasteiger partial charge in [-0.05, 0) is 25.1 Å². The number of anilines is 1. The van der Waals surface area contributed by atoms with E-state index in [-0.39, 0.29) is 28.7 Å². The van der Waals surface area contributed by atoms with Crippen molar-refractivity contribution >= 4 is 29.2 Å². The lowest BCUT2D eigenvalue weighted by atomic mass is 10.2. The van der Waals surface area contributed by atoms with Gasteiger partial charge < -0.3 is 10.1 Å². The van der Waals surface area contributed by atoms with Crippen LogP contribution in [-0.2, 0) is 4.74 Å². The first kappa shape index (κ1) is 15.8. The molecule has 0 aliphatic heterocycles. The summed E-state index contributed by atoms with van der Waals surface area (Å²) in [7, 11) is 0. The molecule has 1 aromatic heterocycles. The van der Waals surface area contributed by atoms with Crippen molar-refractivity contribution in [1.82, 2.24) is 9.97 Å². The van der Waals surface area contributed by atoms with Gasteiger partial charge in [0.15, 0.2) is 11.4 Å². The van der Waals surface area contributed by atoms with Crippen LogP contribution in [-0.4, -0.2) is 28.5 Å². The molecule has 1 aromatic carbocycles. The summed E-state index contributed by atoms with van der Waals surface area (Å²) in [5.74, 6) is -2.04. The second kappa shape index (κ2) is 6.95. The number of amides is 1. The van der Waals surface area contributed by atoms with Gasteiger partial charge in [0.2, 0.25) is 0 Å². The maximum absolute atomic E-state index is 13.1. The summed E-state index contributed by atoms with van der Waals surface area (Å²) in [4.78, 5) is 31.6. The number of carbonyl (C=O) groups is 2. The summed E-state index contributed by atoms with van der Waals surface area (Å²) in [6.45, 7) is 1.78. The number of nitrogens with one attached hydrogen (secondary N) is 1. The molecule has 1 heterocycles. The van der Waals surface area contributed by atoms with Crippen LogP contribution in [0.2, 0.25) is 5.02 Å². The first-order valence-corrected chi connectivity index (χ1v) is 6.65. The Bertz CT molecular complexity index is 724. The number of halogens is 2. The van der Waals surface area contributed by atoms with E-state index in [0.717, 1.165) is 6.07 Å². The SMILES string of the molecule is CCOC(=O)c1nccnc1C(=O)Nc1ccc(F)c(Cl)c1. The van der Waals surface area contributed by atoms with E-state index < -0.39 is 17.7 Å². The summed E-state index contributed by atoms with van der Waals surface area (Å²) < 4.78 is 17.9.